The molecule has 0 aliphatic rings. The molecule has 0 spiro atoms. The zero-order valence-corrected chi connectivity index (χ0v) is 7.86. The second-order valence-corrected chi connectivity index (χ2v) is 4.16. The predicted molar refractivity (Wildman–Crippen MR) is 47.6 cm³/mol. The Labute approximate surface area is 75.4 Å². The highest BCUT2D eigenvalue weighted by Crippen LogP contribution is 2.39. The first kappa shape index (κ1) is 10.1. The predicted octanol–water partition coefficient (Wildman–Crippen LogP) is 1.31. The second-order valence-electron chi connectivity index (χ2n) is 2.66. The fourth-order valence-corrected chi connectivity index (χ4v) is 1.53. The van der Waals surface area contributed by atoms with Gasteiger partial charge in [-0.15, -0.1) is 0 Å². The smallest absolute Gasteiger partial charge is 0.319 e. The molecule has 1 rings (SSSR count). The molecule has 70 valence electrons. The highest BCUT2D eigenvalue weighted by Gasteiger charge is 2.27. The molecule has 0 aromatic heterocycles. The van der Waals surface area contributed by atoms with E-state index in [-0.39, 0.29) is 5.56 Å². The number of aryl methyl sites for hydroxylation is 1. The van der Waals surface area contributed by atoms with Crippen molar-refractivity contribution in [2.24, 2.45) is 0 Å². The molecule has 13 heavy (non-hydrogen) atoms. The molecule has 0 aliphatic heterocycles. The molecule has 0 fully saturated rings. The molecule has 2 N–H and O–H groups in total. The lowest BCUT2D eigenvalue weighted by molar-refractivity contribution is 0.104. The molecular weight excluding hydrogens is 191 g/mol. The van der Waals surface area contributed by atoms with Gasteiger partial charge in [-0.2, -0.15) is 0 Å². The van der Waals surface area contributed by atoms with Gasteiger partial charge in [0.15, 0.2) is 0 Å². The van der Waals surface area contributed by atoms with Crippen LogP contribution in [0.4, 0.5) is 0 Å². The first-order valence-electron chi connectivity index (χ1n) is 3.59. The standard InChI is InChI=1S/C8H9O4P/c1-6-4-2-3-5-7(6)8(9)13(10,11)12/h2-5H,1H3,(H2,10,11,12). The van der Waals surface area contributed by atoms with E-state index in [4.69, 9.17) is 9.79 Å². The van der Waals surface area contributed by atoms with Crippen LogP contribution < -0.4 is 0 Å². The molecule has 0 saturated heterocycles. The quantitative estimate of drug-likeness (QED) is 0.706. The molecule has 4 nitrogen and oxygen atoms in total. The van der Waals surface area contributed by atoms with E-state index in [0.29, 0.717) is 5.56 Å². The number of hydrogen-bond acceptors (Lipinski definition) is 2. The first-order chi connectivity index (χ1) is 5.93. The maximum absolute atomic E-state index is 11.1. The van der Waals surface area contributed by atoms with Gasteiger partial charge in [-0.05, 0) is 12.5 Å². The minimum atomic E-state index is -4.64. The third kappa shape index (κ3) is 2.25. The number of carbonyl (C=O) groups excluding carboxylic acids is 1. The largest absolute Gasteiger partial charge is 0.396 e. The summed E-state index contributed by atoms with van der Waals surface area (Å²) in [6.07, 6.45) is 0. The van der Waals surface area contributed by atoms with Crippen molar-refractivity contribution < 1.29 is 19.1 Å². The zero-order chi connectivity index (χ0) is 10.1. The van der Waals surface area contributed by atoms with E-state index in [1.165, 1.54) is 6.07 Å². The van der Waals surface area contributed by atoms with Crippen molar-refractivity contribution in [2.75, 3.05) is 0 Å². The van der Waals surface area contributed by atoms with Crippen LogP contribution in [-0.2, 0) is 4.57 Å². The summed E-state index contributed by atoms with van der Waals surface area (Å²) in [6, 6.07) is 6.29. The van der Waals surface area contributed by atoms with E-state index in [1.807, 2.05) is 0 Å². The van der Waals surface area contributed by atoms with Crippen LogP contribution in [0.1, 0.15) is 15.9 Å². The third-order valence-electron chi connectivity index (χ3n) is 1.64. The minimum Gasteiger partial charge on any atom is -0.319 e. The monoisotopic (exact) mass is 200 g/mol. The van der Waals surface area contributed by atoms with Crippen molar-refractivity contribution in [3.8, 4) is 0 Å². The van der Waals surface area contributed by atoms with E-state index < -0.39 is 13.1 Å². The number of benzene rings is 1. The molecule has 0 atom stereocenters. The molecule has 1 aromatic carbocycles. The van der Waals surface area contributed by atoms with Gasteiger partial charge in [-0.25, -0.2) is 0 Å². The number of rotatable bonds is 2. The minimum absolute atomic E-state index is 0.0795. The molecule has 0 aliphatic carbocycles. The fourth-order valence-electron chi connectivity index (χ4n) is 0.970. The summed E-state index contributed by atoms with van der Waals surface area (Å²) in [4.78, 5) is 28.4. The summed E-state index contributed by atoms with van der Waals surface area (Å²) in [6.45, 7) is 1.63. The first-order valence-corrected chi connectivity index (χ1v) is 5.20. The molecule has 0 heterocycles. The Morgan fingerprint density at radius 1 is 1.31 bits per heavy atom. The summed E-state index contributed by atoms with van der Waals surface area (Å²) >= 11 is 0. The Morgan fingerprint density at radius 3 is 2.31 bits per heavy atom. The second kappa shape index (κ2) is 3.42. The van der Waals surface area contributed by atoms with E-state index in [0.717, 1.165) is 0 Å². The third-order valence-corrected chi connectivity index (χ3v) is 2.41. The van der Waals surface area contributed by atoms with Gasteiger partial charge in [-0.1, -0.05) is 24.3 Å². The number of carbonyl (C=O) groups is 1. The topological polar surface area (TPSA) is 74.6 Å². The lowest BCUT2D eigenvalue weighted by Gasteiger charge is -2.04. The van der Waals surface area contributed by atoms with Gasteiger partial charge in [-0.3, -0.25) is 9.36 Å². The van der Waals surface area contributed by atoms with Gasteiger partial charge < -0.3 is 9.79 Å². The summed E-state index contributed by atoms with van der Waals surface area (Å²) in [5, 5.41) is 0. The molecule has 0 radical (unpaired) electrons. The Morgan fingerprint density at radius 2 is 1.85 bits per heavy atom. The van der Waals surface area contributed by atoms with E-state index in [2.05, 4.69) is 0 Å². The van der Waals surface area contributed by atoms with Gasteiger partial charge in [0.25, 0.3) is 5.52 Å². The highest BCUT2D eigenvalue weighted by atomic mass is 31.2. The van der Waals surface area contributed by atoms with Crippen LogP contribution in [0.15, 0.2) is 24.3 Å². The summed E-state index contributed by atoms with van der Waals surface area (Å²) in [5.74, 6) is 0. The Hall–Kier alpha value is -0.960. The zero-order valence-electron chi connectivity index (χ0n) is 6.97. The van der Waals surface area contributed by atoms with Crippen LogP contribution >= 0.6 is 7.60 Å². The summed E-state index contributed by atoms with van der Waals surface area (Å²) in [7, 11) is -4.64. The van der Waals surface area contributed by atoms with Gasteiger partial charge >= 0.3 is 7.60 Å². The molecule has 5 heteroatoms. The van der Waals surface area contributed by atoms with Crippen molar-refractivity contribution in [1.29, 1.82) is 0 Å². The Bertz CT molecular complexity index is 379. The molecule has 0 unspecified atom stereocenters. The molecule has 0 bridgehead atoms. The highest BCUT2D eigenvalue weighted by molar-refractivity contribution is 7.70. The van der Waals surface area contributed by atoms with E-state index >= 15 is 0 Å². The molecule has 1 aromatic rings. The van der Waals surface area contributed by atoms with Crippen molar-refractivity contribution in [3.63, 3.8) is 0 Å². The van der Waals surface area contributed by atoms with Crippen LogP contribution in [0.5, 0.6) is 0 Å². The van der Waals surface area contributed by atoms with Gasteiger partial charge in [0.2, 0.25) is 0 Å². The normalized spacial score (nSPS) is 11.3. The van der Waals surface area contributed by atoms with Crippen molar-refractivity contribution in [2.45, 2.75) is 6.92 Å². The maximum Gasteiger partial charge on any atom is 0.396 e. The Kier molecular flexibility index (Phi) is 2.66. The van der Waals surface area contributed by atoms with Crippen LogP contribution in [-0.4, -0.2) is 15.3 Å². The fraction of sp³-hybridized carbons (Fsp3) is 0.125. The average Bonchev–Trinajstić information content (AvgIpc) is 2.02. The van der Waals surface area contributed by atoms with E-state index in [1.54, 1.807) is 25.1 Å². The summed E-state index contributed by atoms with van der Waals surface area (Å²) < 4.78 is 10.6. The van der Waals surface area contributed by atoms with Crippen LogP contribution in [0.3, 0.4) is 0 Å². The van der Waals surface area contributed by atoms with Crippen LogP contribution in [0, 0.1) is 6.92 Å². The van der Waals surface area contributed by atoms with Gasteiger partial charge in [0, 0.05) is 5.56 Å². The van der Waals surface area contributed by atoms with Gasteiger partial charge in [0.05, 0.1) is 0 Å². The summed E-state index contributed by atoms with van der Waals surface area (Å²) in [5.41, 5.74) is -0.475. The lowest BCUT2D eigenvalue weighted by Crippen LogP contribution is -2.01. The van der Waals surface area contributed by atoms with Crippen LogP contribution in [0.2, 0.25) is 0 Å². The average molecular weight is 200 g/mol. The van der Waals surface area contributed by atoms with Crippen molar-refractivity contribution in [3.05, 3.63) is 35.4 Å². The van der Waals surface area contributed by atoms with Crippen molar-refractivity contribution >= 4 is 13.1 Å². The SMILES string of the molecule is Cc1ccccc1C(=O)P(=O)(O)O. The molecule has 0 saturated carbocycles. The van der Waals surface area contributed by atoms with Crippen molar-refractivity contribution in [1.82, 2.24) is 0 Å². The Balaban J connectivity index is 3.18. The van der Waals surface area contributed by atoms with Crippen LogP contribution in [0.25, 0.3) is 0 Å². The number of hydrogen-bond donors (Lipinski definition) is 2. The molecule has 0 amide bonds. The lowest BCUT2D eigenvalue weighted by atomic mass is 10.1. The van der Waals surface area contributed by atoms with Gasteiger partial charge in [0.1, 0.15) is 0 Å². The maximum atomic E-state index is 11.1. The van der Waals surface area contributed by atoms with E-state index in [9.17, 15) is 9.36 Å². The molecular formula is C8H9O4P.